The maximum Gasteiger partial charge on any atom is 0.236 e. The Labute approximate surface area is 174 Å². The van der Waals surface area contributed by atoms with Crippen LogP contribution in [0.25, 0.3) is 10.8 Å². The Morgan fingerprint density at radius 2 is 2.17 bits per heavy atom. The van der Waals surface area contributed by atoms with E-state index in [2.05, 4.69) is 4.98 Å². The van der Waals surface area contributed by atoms with Crippen molar-refractivity contribution in [2.75, 3.05) is 20.8 Å². The highest BCUT2D eigenvalue weighted by Gasteiger charge is 2.33. The van der Waals surface area contributed by atoms with Gasteiger partial charge in [0.1, 0.15) is 17.3 Å². The first-order valence-corrected chi connectivity index (χ1v) is 10.5. The van der Waals surface area contributed by atoms with Crippen LogP contribution in [0.15, 0.2) is 40.1 Å². The number of rotatable bonds is 6. The predicted octanol–water partition coefficient (Wildman–Crippen LogP) is 4.63. The van der Waals surface area contributed by atoms with Crippen molar-refractivity contribution in [1.82, 2.24) is 9.88 Å². The highest BCUT2D eigenvalue weighted by atomic mass is 32.1. The molecule has 3 heterocycles. The van der Waals surface area contributed by atoms with E-state index in [-0.39, 0.29) is 18.4 Å². The van der Waals surface area contributed by atoms with E-state index in [1.165, 1.54) is 0 Å². The molecular weight excluding hydrogens is 388 g/mol. The monoisotopic (exact) mass is 412 g/mol. The van der Waals surface area contributed by atoms with Gasteiger partial charge in [-0.2, -0.15) is 0 Å². The number of oxazole rings is 1. The molecule has 2 aromatic heterocycles. The first-order chi connectivity index (χ1) is 14.1. The number of ether oxygens (including phenoxy) is 2. The van der Waals surface area contributed by atoms with Crippen molar-refractivity contribution in [2.45, 2.75) is 32.2 Å². The zero-order valence-electron chi connectivity index (χ0n) is 16.8. The first kappa shape index (κ1) is 19.5. The zero-order chi connectivity index (χ0) is 20.4. The highest BCUT2D eigenvalue weighted by molar-refractivity contribution is 7.13. The number of methoxy groups -OCH3 is 2. The van der Waals surface area contributed by atoms with Crippen molar-refractivity contribution < 1.29 is 18.7 Å². The number of thiophene rings is 1. The Bertz CT molecular complexity index is 996. The Kier molecular flexibility index (Phi) is 5.58. The number of likely N-dealkylation sites (tertiary alicyclic amines) is 1. The van der Waals surface area contributed by atoms with E-state index in [4.69, 9.17) is 13.9 Å². The molecule has 0 N–H and O–H groups in total. The highest BCUT2D eigenvalue weighted by Crippen LogP contribution is 2.39. The van der Waals surface area contributed by atoms with Gasteiger partial charge in [-0.05, 0) is 49.4 Å². The average Bonchev–Trinajstić information content (AvgIpc) is 3.49. The van der Waals surface area contributed by atoms with Gasteiger partial charge in [0.2, 0.25) is 11.8 Å². The maximum absolute atomic E-state index is 13.2. The molecule has 29 heavy (non-hydrogen) atoms. The van der Waals surface area contributed by atoms with Crippen LogP contribution in [0, 0.1) is 6.92 Å². The van der Waals surface area contributed by atoms with Crippen molar-refractivity contribution in [1.29, 1.82) is 0 Å². The van der Waals surface area contributed by atoms with Gasteiger partial charge in [-0.3, -0.25) is 4.79 Å². The number of amides is 1. The molecule has 0 aliphatic carbocycles. The fourth-order valence-corrected chi connectivity index (χ4v) is 4.48. The molecule has 1 aliphatic rings. The number of carbonyl (C=O) groups excluding carboxylic acids is 1. The standard InChI is InChI=1S/C22H24N2O4S/c1-14-17(23-22(28-14)20-7-5-11-29-20)13-21(25)24-10-4-6-18(24)16-12-15(26-2)8-9-19(16)27-3/h5,7-9,11-12,18H,4,6,10,13H2,1-3H3. The van der Waals surface area contributed by atoms with E-state index in [1.807, 2.05) is 47.5 Å². The van der Waals surface area contributed by atoms with Crippen molar-refractivity contribution >= 4 is 17.2 Å². The minimum atomic E-state index is -0.0310. The number of hydrogen-bond donors (Lipinski definition) is 0. The van der Waals surface area contributed by atoms with Crippen LogP contribution in [-0.4, -0.2) is 36.6 Å². The maximum atomic E-state index is 13.2. The van der Waals surface area contributed by atoms with Crippen LogP contribution in [0.2, 0.25) is 0 Å². The normalized spacial score (nSPS) is 16.2. The predicted molar refractivity (Wildman–Crippen MR) is 111 cm³/mol. The number of benzene rings is 1. The van der Waals surface area contributed by atoms with E-state index in [0.29, 0.717) is 17.3 Å². The van der Waals surface area contributed by atoms with Gasteiger partial charge in [0.15, 0.2) is 0 Å². The van der Waals surface area contributed by atoms with E-state index >= 15 is 0 Å². The fourth-order valence-electron chi connectivity index (χ4n) is 3.83. The molecule has 1 amide bonds. The summed E-state index contributed by atoms with van der Waals surface area (Å²) in [5, 5.41) is 1.98. The molecule has 0 spiro atoms. The lowest BCUT2D eigenvalue weighted by atomic mass is 10.0. The van der Waals surface area contributed by atoms with Crippen molar-refractivity contribution in [3.8, 4) is 22.3 Å². The molecule has 0 radical (unpaired) electrons. The Morgan fingerprint density at radius 3 is 2.90 bits per heavy atom. The van der Waals surface area contributed by atoms with Gasteiger partial charge in [0.25, 0.3) is 0 Å². The van der Waals surface area contributed by atoms with Crippen molar-refractivity contribution in [3.63, 3.8) is 0 Å². The van der Waals surface area contributed by atoms with Gasteiger partial charge in [0.05, 0.1) is 37.3 Å². The first-order valence-electron chi connectivity index (χ1n) is 9.62. The second-order valence-corrected chi connectivity index (χ2v) is 7.98. The molecule has 1 saturated heterocycles. The summed E-state index contributed by atoms with van der Waals surface area (Å²) in [6, 6.07) is 9.62. The lowest BCUT2D eigenvalue weighted by Crippen LogP contribution is -2.32. The molecule has 1 aliphatic heterocycles. The van der Waals surface area contributed by atoms with Gasteiger partial charge < -0.3 is 18.8 Å². The van der Waals surface area contributed by atoms with E-state index in [9.17, 15) is 4.79 Å². The molecule has 6 nitrogen and oxygen atoms in total. The zero-order valence-corrected chi connectivity index (χ0v) is 17.6. The fraction of sp³-hybridized carbons (Fsp3) is 0.364. The summed E-state index contributed by atoms with van der Waals surface area (Å²) in [5.74, 6) is 2.84. The molecular formula is C22H24N2O4S. The summed E-state index contributed by atoms with van der Waals surface area (Å²) in [5.41, 5.74) is 1.68. The van der Waals surface area contributed by atoms with Crippen LogP contribution < -0.4 is 9.47 Å². The SMILES string of the molecule is COc1ccc(OC)c(C2CCCN2C(=O)Cc2nc(-c3cccs3)oc2C)c1. The summed E-state index contributed by atoms with van der Waals surface area (Å²) in [7, 11) is 3.29. The largest absolute Gasteiger partial charge is 0.497 e. The van der Waals surface area contributed by atoms with Crippen LogP contribution >= 0.6 is 11.3 Å². The Morgan fingerprint density at radius 1 is 1.31 bits per heavy atom. The molecule has 7 heteroatoms. The van der Waals surface area contributed by atoms with Gasteiger partial charge >= 0.3 is 0 Å². The third kappa shape index (κ3) is 3.87. The molecule has 4 rings (SSSR count). The minimum absolute atomic E-state index is 0.0310. The summed E-state index contributed by atoms with van der Waals surface area (Å²) in [4.78, 5) is 20.6. The third-order valence-electron chi connectivity index (χ3n) is 5.31. The molecule has 1 fully saturated rings. The summed E-state index contributed by atoms with van der Waals surface area (Å²) in [6.45, 7) is 2.58. The number of aromatic nitrogens is 1. The summed E-state index contributed by atoms with van der Waals surface area (Å²) in [6.07, 6.45) is 2.08. The quantitative estimate of drug-likeness (QED) is 0.590. The molecule has 1 unspecified atom stereocenters. The topological polar surface area (TPSA) is 64.8 Å². The van der Waals surface area contributed by atoms with Crippen LogP contribution in [0.3, 0.4) is 0 Å². The number of carbonyl (C=O) groups is 1. The molecule has 152 valence electrons. The third-order valence-corrected chi connectivity index (χ3v) is 6.17. The van der Waals surface area contributed by atoms with Gasteiger partial charge in [-0.15, -0.1) is 11.3 Å². The Hall–Kier alpha value is -2.80. The van der Waals surface area contributed by atoms with Crippen LogP contribution in [-0.2, 0) is 11.2 Å². The summed E-state index contributed by atoms with van der Waals surface area (Å²) >= 11 is 1.57. The second kappa shape index (κ2) is 8.29. The van der Waals surface area contributed by atoms with E-state index in [1.54, 1.807) is 25.6 Å². The molecule has 0 bridgehead atoms. The number of nitrogens with zero attached hydrogens (tertiary/aromatic N) is 2. The molecule has 1 aromatic carbocycles. The second-order valence-electron chi connectivity index (χ2n) is 7.03. The van der Waals surface area contributed by atoms with Crippen molar-refractivity contribution in [2.24, 2.45) is 0 Å². The van der Waals surface area contributed by atoms with Crippen molar-refractivity contribution in [3.05, 3.63) is 52.7 Å². The van der Waals surface area contributed by atoms with Crippen LogP contribution in [0.5, 0.6) is 11.5 Å². The van der Waals surface area contributed by atoms with Gasteiger partial charge in [0, 0.05) is 12.1 Å². The number of aryl methyl sites for hydroxylation is 1. The van der Waals surface area contributed by atoms with E-state index < -0.39 is 0 Å². The lowest BCUT2D eigenvalue weighted by Gasteiger charge is -2.26. The molecule has 3 aromatic rings. The smallest absolute Gasteiger partial charge is 0.236 e. The van der Waals surface area contributed by atoms with Gasteiger partial charge in [-0.25, -0.2) is 4.98 Å². The lowest BCUT2D eigenvalue weighted by molar-refractivity contribution is -0.131. The van der Waals surface area contributed by atoms with Crippen LogP contribution in [0.1, 0.15) is 35.9 Å². The molecule has 0 saturated carbocycles. The van der Waals surface area contributed by atoms with Gasteiger partial charge in [-0.1, -0.05) is 6.07 Å². The Balaban J connectivity index is 1.56. The average molecular weight is 413 g/mol. The van der Waals surface area contributed by atoms with Crippen LogP contribution in [0.4, 0.5) is 0 Å². The van der Waals surface area contributed by atoms with E-state index in [0.717, 1.165) is 41.3 Å². The summed E-state index contributed by atoms with van der Waals surface area (Å²) < 4.78 is 16.7. The minimum Gasteiger partial charge on any atom is -0.497 e. The molecule has 1 atom stereocenters. The number of hydrogen-bond acceptors (Lipinski definition) is 6.